The molecule has 1 aromatic rings. The maximum atomic E-state index is 11.8. The van der Waals surface area contributed by atoms with E-state index in [2.05, 4.69) is 16.7 Å². The summed E-state index contributed by atoms with van der Waals surface area (Å²) in [5.74, 6) is -0.0456. The summed E-state index contributed by atoms with van der Waals surface area (Å²) in [5, 5.41) is 15.5. The van der Waals surface area contributed by atoms with E-state index < -0.39 is 0 Å². The van der Waals surface area contributed by atoms with Crippen LogP contribution < -0.4 is 10.6 Å². The smallest absolute Gasteiger partial charge is 0.239 e. The number of carbonyl (C=O) groups excluding carboxylic acids is 1. The molecule has 1 aliphatic carbocycles. The summed E-state index contributed by atoms with van der Waals surface area (Å²) in [4.78, 5) is 11.8. The van der Waals surface area contributed by atoms with Gasteiger partial charge < -0.3 is 10.6 Å². The van der Waals surface area contributed by atoms with E-state index in [4.69, 9.17) is 16.9 Å². The van der Waals surface area contributed by atoms with Crippen molar-refractivity contribution in [3.05, 3.63) is 28.8 Å². The number of hydrogen-bond acceptors (Lipinski definition) is 3. The number of nitrogens with zero attached hydrogens (tertiary/aromatic N) is 1. The lowest BCUT2D eigenvalue weighted by Crippen LogP contribution is -2.36. The molecule has 2 rings (SSSR count). The first-order valence-corrected chi connectivity index (χ1v) is 6.79. The van der Waals surface area contributed by atoms with Crippen LogP contribution in [0.2, 0.25) is 5.02 Å². The number of carbonyl (C=O) groups is 1. The van der Waals surface area contributed by atoms with Gasteiger partial charge in [-0.2, -0.15) is 5.26 Å². The summed E-state index contributed by atoms with van der Waals surface area (Å²) in [6.45, 7) is 0.158. The fourth-order valence-electron chi connectivity index (χ4n) is 2.28. The van der Waals surface area contributed by atoms with Crippen molar-refractivity contribution in [1.29, 1.82) is 5.26 Å². The van der Waals surface area contributed by atoms with E-state index in [0.717, 1.165) is 12.8 Å². The molecule has 0 radical (unpaired) electrons. The van der Waals surface area contributed by atoms with Gasteiger partial charge in [0.25, 0.3) is 0 Å². The first-order valence-electron chi connectivity index (χ1n) is 6.42. The maximum Gasteiger partial charge on any atom is 0.239 e. The Labute approximate surface area is 117 Å². The molecule has 0 atom stereocenters. The summed E-state index contributed by atoms with van der Waals surface area (Å²) in [6.07, 6.45) is 4.50. The van der Waals surface area contributed by atoms with Gasteiger partial charge in [0.2, 0.25) is 5.91 Å². The molecule has 19 heavy (non-hydrogen) atoms. The molecule has 0 bridgehead atoms. The van der Waals surface area contributed by atoms with Crippen molar-refractivity contribution in [1.82, 2.24) is 5.32 Å². The third-order valence-corrected chi connectivity index (χ3v) is 3.50. The van der Waals surface area contributed by atoms with Gasteiger partial charge in [0.05, 0.1) is 17.8 Å². The van der Waals surface area contributed by atoms with E-state index in [-0.39, 0.29) is 12.5 Å². The predicted octanol–water partition coefficient (Wildman–Crippen LogP) is 2.68. The number of rotatable bonds is 4. The van der Waals surface area contributed by atoms with Gasteiger partial charge in [-0.3, -0.25) is 4.79 Å². The molecular formula is C14H16ClN3O. The van der Waals surface area contributed by atoms with Crippen molar-refractivity contribution in [2.75, 3.05) is 11.9 Å². The number of anilines is 1. The fourth-order valence-corrected chi connectivity index (χ4v) is 2.46. The molecule has 1 fully saturated rings. The third kappa shape index (κ3) is 3.87. The first-order chi connectivity index (χ1) is 9.19. The molecule has 100 valence electrons. The Balaban J connectivity index is 1.89. The largest absolute Gasteiger partial charge is 0.375 e. The van der Waals surface area contributed by atoms with E-state index in [1.165, 1.54) is 12.8 Å². The number of hydrogen-bond donors (Lipinski definition) is 2. The van der Waals surface area contributed by atoms with Crippen LogP contribution >= 0.6 is 11.6 Å². The highest BCUT2D eigenvalue weighted by Gasteiger charge is 2.16. The Bertz CT molecular complexity index is 504. The van der Waals surface area contributed by atoms with Gasteiger partial charge in [0, 0.05) is 11.1 Å². The third-order valence-electron chi connectivity index (χ3n) is 3.26. The standard InChI is InChI=1S/C14H16ClN3O/c15-11-6-5-10(8-16)13(7-11)17-9-14(19)18-12-3-1-2-4-12/h5-7,12,17H,1-4,9H2,(H,18,19). The lowest BCUT2D eigenvalue weighted by atomic mass is 10.2. The number of halogens is 1. The molecule has 1 aliphatic rings. The predicted molar refractivity (Wildman–Crippen MR) is 75.1 cm³/mol. The zero-order valence-electron chi connectivity index (χ0n) is 10.6. The molecule has 4 nitrogen and oxygen atoms in total. The van der Waals surface area contributed by atoms with E-state index in [1.54, 1.807) is 18.2 Å². The molecule has 0 spiro atoms. The van der Waals surface area contributed by atoms with Crippen LogP contribution in [0.5, 0.6) is 0 Å². The Morgan fingerprint density at radius 3 is 2.84 bits per heavy atom. The van der Waals surface area contributed by atoms with E-state index in [0.29, 0.717) is 22.3 Å². The number of nitriles is 1. The average molecular weight is 278 g/mol. The van der Waals surface area contributed by atoms with Crippen molar-refractivity contribution in [2.45, 2.75) is 31.7 Å². The minimum Gasteiger partial charge on any atom is -0.375 e. The molecule has 0 saturated heterocycles. The summed E-state index contributed by atoms with van der Waals surface area (Å²) in [6, 6.07) is 7.33. The number of benzene rings is 1. The second kappa shape index (κ2) is 6.44. The minimum atomic E-state index is -0.0456. The Kier molecular flexibility index (Phi) is 4.64. The molecule has 0 heterocycles. The van der Waals surface area contributed by atoms with Gasteiger partial charge in [-0.05, 0) is 31.0 Å². The molecule has 5 heteroatoms. The molecular weight excluding hydrogens is 262 g/mol. The summed E-state index contributed by atoms with van der Waals surface area (Å²) < 4.78 is 0. The van der Waals surface area contributed by atoms with E-state index in [1.807, 2.05) is 0 Å². The summed E-state index contributed by atoms with van der Waals surface area (Å²) in [7, 11) is 0. The number of nitrogens with one attached hydrogen (secondary N) is 2. The topological polar surface area (TPSA) is 64.9 Å². The molecule has 0 aliphatic heterocycles. The normalized spacial score (nSPS) is 14.9. The molecule has 1 amide bonds. The van der Waals surface area contributed by atoms with Gasteiger partial charge in [0.1, 0.15) is 6.07 Å². The van der Waals surface area contributed by atoms with Crippen molar-refractivity contribution in [2.24, 2.45) is 0 Å². The molecule has 1 saturated carbocycles. The Hall–Kier alpha value is -1.73. The lowest BCUT2D eigenvalue weighted by Gasteiger charge is -2.13. The second-order valence-electron chi connectivity index (χ2n) is 4.70. The van der Waals surface area contributed by atoms with Crippen LogP contribution in [0, 0.1) is 11.3 Å². The monoisotopic (exact) mass is 277 g/mol. The van der Waals surface area contributed by atoms with Crippen LogP contribution in [0.25, 0.3) is 0 Å². The van der Waals surface area contributed by atoms with Crippen LogP contribution in [-0.4, -0.2) is 18.5 Å². The van der Waals surface area contributed by atoms with Crippen molar-refractivity contribution >= 4 is 23.2 Å². The molecule has 2 N–H and O–H groups in total. The van der Waals surface area contributed by atoms with E-state index >= 15 is 0 Å². The maximum absolute atomic E-state index is 11.8. The zero-order valence-corrected chi connectivity index (χ0v) is 11.3. The van der Waals surface area contributed by atoms with Crippen LogP contribution in [0.15, 0.2) is 18.2 Å². The van der Waals surface area contributed by atoms with Gasteiger partial charge in [0.15, 0.2) is 0 Å². The minimum absolute atomic E-state index is 0.0456. The van der Waals surface area contributed by atoms with Crippen LogP contribution in [0.1, 0.15) is 31.2 Å². The number of amides is 1. The highest BCUT2D eigenvalue weighted by Crippen LogP contribution is 2.20. The van der Waals surface area contributed by atoms with Crippen molar-refractivity contribution < 1.29 is 4.79 Å². The van der Waals surface area contributed by atoms with Gasteiger partial charge in [-0.15, -0.1) is 0 Å². The highest BCUT2D eigenvalue weighted by molar-refractivity contribution is 6.30. The zero-order chi connectivity index (χ0) is 13.7. The highest BCUT2D eigenvalue weighted by atomic mass is 35.5. The molecule has 0 unspecified atom stereocenters. The summed E-state index contributed by atoms with van der Waals surface area (Å²) >= 11 is 5.88. The summed E-state index contributed by atoms with van der Waals surface area (Å²) in [5.41, 5.74) is 1.08. The van der Waals surface area contributed by atoms with Gasteiger partial charge in [-0.1, -0.05) is 24.4 Å². The SMILES string of the molecule is N#Cc1ccc(Cl)cc1NCC(=O)NC1CCCC1. The average Bonchev–Trinajstić information content (AvgIpc) is 2.89. The van der Waals surface area contributed by atoms with Crippen LogP contribution in [-0.2, 0) is 4.79 Å². The first kappa shape index (κ1) is 13.7. The van der Waals surface area contributed by atoms with E-state index in [9.17, 15) is 4.79 Å². The molecule has 0 aromatic heterocycles. The Morgan fingerprint density at radius 2 is 2.16 bits per heavy atom. The molecule has 1 aromatic carbocycles. The second-order valence-corrected chi connectivity index (χ2v) is 5.14. The van der Waals surface area contributed by atoms with Crippen molar-refractivity contribution in [3.63, 3.8) is 0 Å². The Morgan fingerprint density at radius 1 is 1.42 bits per heavy atom. The van der Waals surface area contributed by atoms with Crippen molar-refractivity contribution in [3.8, 4) is 6.07 Å². The quantitative estimate of drug-likeness (QED) is 0.889. The van der Waals surface area contributed by atoms with Gasteiger partial charge in [-0.25, -0.2) is 0 Å². The lowest BCUT2D eigenvalue weighted by molar-refractivity contribution is -0.120. The van der Waals surface area contributed by atoms with Crippen LogP contribution in [0.3, 0.4) is 0 Å². The van der Waals surface area contributed by atoms with Crippen LogP contribution in [0.4, 0.5) is 5.69 Å². The van der Waals surface area contributed by atoms with Gasteiger partial charge >= 0.3 is 0 Å². The fraction of sp³-hybridized carbons (Fsp3) is 0.429.